The molecule has 2 rings (SSSR count). The summed E-state index contributed by atoms with van der Waals surface area (Å²) in [6, 6.07) is 6.71. The fourth-order valence-corrected chi connectivity index (χ4v) is 2.79. The van der Waals surface area contributed by atoms with Crippen LogP contribution >= 0.6 is 15.9 Å². The Morgan fingerprint density at radius 1 is 1.39 bits per heavy atom. The van der Waals surface area contributed by atoms with E-state index in [9.17, 15) is 5.11 Å². The van der Waals surface area contributed by atoms with Gasteiger partial charge >= 0.3 is 0 Å². The average Bonchev–Trinajstić information content (AvgIpc) is 2.32. The third-order valence-corrected chi connectivity index (χ3v) is 4.23. The summed E-state index contributed by atoms with van der Waals surface area (Å²) in [5.74, 6) is 0. The first kappa shape index (κ1) is 13.8. The number of nitrogens with zero attached hydrogens (tertiary/aromatic N) is 2. The highest BCUT2D eigenvalue weighted by molar-refractivity contribution is 9.10. The molecule has 1 aromatic rings. The smallest absolute Gasteiger partial charge is 0.0782 e. The van der Waals surface area contributed by atoms with Gasteiger partial charge in [0.25, 0.3) is 0 Å². The van der Waals surface area contributed by atoms with Crippen molar-refractivity contribution in [1.82, 2.24) is 4.90 Å². The molecule has 1 saturated heterocycles. The SMILES string of the molecule is CC(O)c1cc(Br)ccc1N1CCN(C)C(C)C1. The maximum absolute atomic E-state index is 9.92. The molecular formula is C14H21BrN2O. The monoisotopic (exact) mass is 312 g/mol. The van der Waals surface area contributed by atoms with Crippen LogP contribution in [-0.2, 0) is 0 Å². The van der Waals surface area contributed by atoms with E-state index in [0.29, 0.717) is 6.04 Å². The lowest BCUT2D eigenvalue weighted by molar-refractivity contribution is 0.198. The van der Waals surface area contributed by atoms with Crippen LogP contribution in [0.3, 0.4) is 0 Å². The van der Waals surface area contributed by atoms with Crippen molar-refractivity contribution in [2.24, 2.45) is 0 Å². The molecule has 2 atom stereocenters. The summed E-state index contributed by atoms with van der Waals surface area (Å²) in [7, 11) is 2.17. The zero-order valence-electron chi connectivity index (χ0n) is 11.2. The van der Waals surface area contributed by atoms with Gasteiger partial charge in [-0.25, -0.2) is 0 Å². The van der Waals surface area contributed by atoms with E-state index in [4.69, 9.17) is 0 Å². The fraction of sp³-hybridized carbons (Fsp3) is 0.571. The highest BCUT2D eigenvalue weighted by Crippen LogP contribution is 2.30. The number of benzene rings is 1. The quantitative estimate of drug-likeness (QED) is 0.909. The predicted molar refractivity (Wildman–Crippen MR) is 79.1 cm³/mol. The topological polar surface area (TPSA) is 26.7 Å². The molecule has 4 heteroatoms. The molecule has 0 aromatic heterocycles. The molecule has 3 nitrogen and oxygen atoms in total. The lowest BCUT2D eigenvalue weighted by Crippen LogP contribution is -2.50. The second kappa shape index (κ2) is 5.59. The fourth-order valence-electron chi connectivity index (χ4n) is 2.42. The summed E-state index contributed by atoms with van der Waals surface area (Å²) in [5, 5.41) is 9.92. The number of anilines is 1. The molecule has 2 unspecified atom stereocenters. The maximum Gasteiger partial charge on any atom is 0.0782 e. The van der Waals surface area contributed by atoms with Gasteiger partial charge < -0.3 is 14.9 Å². The van der Waals surface area contributed by atoms with Gasteiger partial charge in [0, 0.05) is 41.4 Å². The van der Waals surface area contributed by atoms with Crippen LogP contribution in [-0.4, -0.2) is 42.7 Å². The minimum atomic E-state index is -0.438. The van der Waals surface area contributed by atoms with Crippen molar-refractivity contribution in [3.63, 3.8) is 0 Å². The summed E-state index contributed by atoms with van der Waals surface area (Å²) in [4.78, 5) is 4.75. The van der Waals surface area contributed by atoms with Gasteiger partial charge in [-0.3, -0.25) is 0 Å². The van der Waals surface area contributed by atoms with E-state index >= 15 is 0 Å². The molecule has 1 aliphatic rings. The number of piperazine rings is 1. The van der Waals surface area contributed by atoms with E-state index in [2.05, 4.69) is 45.8 Å². The van der Waals surface area contributed by atoms with Gasteiger partial charge in [0.1, 0.15) is 0 Å². The minimum absolute atomic E-state index is 0.438. The molecule has 0 aliphatic carbocycles. The van der Waals surface area contributed by atoms with Gasteiger partial charge in [-0.15, -0.1) is 0 Å². The molecule has 0 spiro atoms. The number of aliphatic hydroxyl groups is 1. The first-order chi connectivity index (χ1) is 8.49. The second-order valence-electron chi connectivity index (χ2n) is 5.15. The summed E-state index contributed by atoms with van der Waals surface area (Å²) in [5.41, 5.74) is 2.16. The van der Waals surface area contributed by atoms with Gasteiger partial charge in [0.05, 0.1) is 6.10 Å². The number of hydrogen-bond donors (Lipinski definition) is 1. The van der Waals surface area contributed by atoms with Crippen molar-refractivity contribution in [2.75, 3.05) is 31.6 Å². The van der Waals surface area contributed by atoms with Gasteiger partial charge in [-0.2, -0.15) is 0 Å². The molecule has 0 saturated carbocycles. The number of rotatable bonds is 2. The van der Waals surface area contributed by atoms with Crippen molar-refractivity contribution in [2.45, 2.75) is 26.0 Å². The lowest BCUT2D eigenvalue weighted by Gasteiger charge is -2.40. The molecule has 1 heterocycles. The zero-order valence-corrected chi connectivity index (χ0v) is 12.8. The number of halogens is 1. The van der Waals surface area contributed by atoms with Crippen LogP contribution in [0.4, 0.5) is 5.69 Å². The Hall–Kier alpha value is -0.580. The standard InChI is InChI=1S/C14H21BrN2O/c1-10-9-17(7-6-16(10)3)14-5-4-12(15)8-13(14)11(2)18/h4-5,8,10-11,18H,6-7,9H2,1-3H3. The third kappa shape index (κ3) is 2.87. The lowest BCUT2D eigenvalue weighted by atomic mass is 10.1. The molecule has 1 N–H and O–H groups in total. The first-order valence-corrected chi connectivity index (χ1v) is 7.21. The predicted octanol–water partition coefficient (Wildman–Crippen LogP) is 2.64. The van der Waals surface area contributed by atoms with E-state index in [1.54, 1.807) is 0 Å². The Bertz CT molecular complexity index is 422. The normalized spacial score (nSPS) is 23.2. The summed E-state index contributed by atoms with van der Waals surface area (Å²) in [6.45, 7) is 7.16. The molecule has 100 valence electrons. The Morgan fingerprint density at radius 3 is 2.72 bits per heavy atom. The number of hydrogen-bond acceptors (Lipinski definition) is 3. The first-order valence-electron chi connectivity index (χ1n) is 6.41. The highest BCUT2D eigenvalue weighted by atomic mass is 79.9. The van der Waals surface area contributed by atoms with Crippen LogP contribution in [0.25, 0.3) is 0 Å². The van der Waals surface area contributed by atoms with E-state index in [0.717, 1.165) is 35.4 Å². The molecule has 1 aromatic carbocycles. The van der Waals surface area contributed by atoms with Crippen molar-refractivity contribution >= 4 is 21.6 Å². The van der Waals surface area contributed by atoms with E-state index in [1.165, 1.54) is 0 Å². The third-order valence-electron chi connectivity index (χ3n) is 3.74. The molecule has 0 radical (unpaired) electrons. The Kier molecular flexibility index (Phi) is 4.30. The molecule has 1 aliphatic heterocycles. The summed E-state index contributed by atoms with van der Waals surface area (Å²) < 4.78 is 1.02. The summed E-state index contributed by atoms with van der Waals surface area (Å²) >= 11 is 3.47. The molecule has 18 heavy (non-hydrogen) atoms. The van der Waals surface area contributed by atoms with Crippen molar-refractivity contribution in [3.05, 3.63) is 28.2 Å². The van der Waals surface area contributed by atoms with Crippen LogP contribution < -0.4 is 4.90 Å². The van der Waals surface area contributed by atoms with Crippen molar-refractivity contribution in [1.29, 1.82) is 0 Å². The molecule has 1 fully saturated rings. The van der Waals surface area contributed by atoms with Gasteiger partial charge in [0.2, 0.25) is 0 Å². The van der Waals surface area contributed by atoms with Crippen molar-refractivity contribution < 1.29 is 5.11 Å². The van der Waals surface area contributed by atoms with Crippen molar-refractivity contribution in [3.8, 4) is 0 Å². The Labute approximate surface area is 118 Å². The molecule has 0 amide bonds. The molecular weight excluding hydrogens is 292 g/mol. The zero-order chi connectivity index (χ0) is 13.3. The van der Waals surface area contributed by atoms with E-state index in [-0.39, 0.29) is 0 Å². The van der Waals surface area contributed by atoms with Crippen LogP contribution in [0.15, 0.2) is 22.7 Å². The average molecular weight is 313 g/mol. The summed E-state index contributed by atoms with van der Waals surface area (Å²) in [6.07, 6.45) is -0.438. The van der Waals surface area contributed by atoms with Crippen LogP contribution in [0.1, 0.15) is 25.5 Å². The highest BCUT2D eigenvalue weighted by Gasteiger charge is 2.23. The van der Waals surface area contributed by atoms with Crippen LogP contribution in [0.2, 0.25) is 0 Å². The maximum atomic E-state index is 9.92. The Balaban J connectivity index is 2.28. The van der Waals surface area contributed by atoms with Gasteiger partial charge in [0.15, 0.2) is 0 Å². The largest absolute Gasteiger partial charge is 0.389 e. The Morgan fingerprint density at radius 2 is 2.11 bits per heavy atom. The van der Waals surface area contributed by atoms with Gasteiger partial charge in [-0.05, 0) is 39.1 Å². The second-order valence-corrected chi connectivity index (χ2v) is 6.07. The van der Waals surface area contributed by atoms with Crippen LogP contribution in [0, 0.1) is 0 Å². The van der Waals surface area contributed by atoms with Gasteiger partial charge in [-0.1, -0.05) is 15.9 Å². The van der Waals surface area contributed by atoms with E-state index < -0.39 is 6.10 Å². The van der Waals surface area contributed by atoms with E-state index in [1.807, 2.05) is 19.1 Å². The molecule has 0 bridgehead atoms. The van der Waals surface area contributed by atoms with Crippen LogP contribution in [0.5, 0.6) is 0 Å². The number of likely N-dealkylation sites (N-methyl/N-ethyl adjacent to an activating group) is 1. The minimum Gasteiger partial charge on any atom is -0.389 e. The number of aliphatic hydroxyl groups excluding tert-OH is 1.